The number of halogens is 2. The van der Waals surface area contributed by atoms with E-state index in [2.05, 4.69) is 54.5 Å². The Morgan fingerprint density at radius 1 is 1.36 bits per heavy atom. The average Bonchev–Trinajstić information content (AvgIpc) is 3.32. The molecule has 0 bridgehead atoms. The number of aromatic nitrogens is 4. The number of rotatable bonds is 6. The van der Waals surface area contributed by atoms with Crippen LogP contribution in [0.5, 0.6) is 0 Å². The molecule has 4 rings (SSSR count). The van der Waals surface area contributed by atoms with Crippen LogP contribution in [0.3, 0.4) is 0 Å². The fraction of sp³-hybridized carbons (Fsp3) is 0.478. The summed E-state index contributed by atoms with van der Waals surface area (Å²) in [6, 6.07) is 6.26. The van der Waals surface area contributed by atoms with E-state index < -0.39 is 0 Å². The van der Waals surface area contributed by atoms with E-state index in [1.807, 2.05) is 33.2 Å². The van der Waals surface area contributed by atoms with Crippen LogP contribution in [0.25, 0.3) is 16.7 Å². The molecule has 0 saturated heterocycles. The molecule has 1 aromatic carbocycles. The van der Waals surface area contributed by atoms with E-state index >= 15 is 0 Å². The molecule has 1 amide bonds. The van der Waals surface area contributed by atoms with Crippen LogP contribution >= 0.6 is 27.5 Å². The van der Waals surface area contributed by atoms with Crippen molar-refractivity contribution in [3.63, 3.8) is 0 Å². The molecule has 3 atom stereocenters. The highest BCUT2D eigenvalue weighted by Crippen LogP contribution is 2.39. The second kappa shape index (κ2) is 9.19. The molecule has 1 aliphatic carbocycles. The van der Waals surface area contributed by atoms with Crippen LogP contribution < -0.4 is 10.6 Å². The first-order valence-electron chi connectivity index (χ1n) is 11.0. The van der Waals surface area contributed by atoms with Crippen molar-refractivity contribution >= 4 is 50.4 Å². The summed E-state index contributed by atoms with van der Waals surface area (Å²) in [5.41, 5.74) is 2.23. The Kier molecular flexibility index (Phi) is 6.66. The van der Waals surface area contributed by atoms with Crippen molar-refractivity contribution in [2.45, 2.75) is 45.2 Å². The second-order valence-electron chi connectivity index (χ2n) is 9.24. The Bertz CT molecular complexity index is 1200. The monoisotopic (exact) mass is 533 g/mol. The molecule has 10 heteroatoms. The third-order valence-electron chi connectivity index (χ3n) is 6.64. The fourth-order valence-corrected chi connectivity index (χ4v) is 5.11. The zero-order chi connectivity index (χ0) is 23.9. The van der Waals surface area contributed by atoms with E-state index in [1.54, 1.807) is 17.9 Å². The lowest BCUT2D eigenvalue weighted by Crippen LogP contribution is -2.35. The maximum atomic E-state index is 12.3. The molecule has 1 saturated carbocycles. The molecule has 0 radical (unpaired) electrons. The van der Waals surface area contributed by atoms with Crippen LogP contribution in [0.4, 0.5) is 5.95 Å². The number of carbonyl (C=O) groups excluding carboxylic acids is 1. The summed E-state index contributed by atoms with van der Waals surface area (Å²) < 4.78 is 2.45. The van der Waals surface area contributed by atoms with Gasteiger partial charge in [-0.2, -0.15) is 10.1 Å². The lowest BCUT2D eigenvalue weighted by molar-refractivity contribution is -0.129. The average molecular weight is 535 g/mol. The Morgan fingerprint density at radius 2 is 2.12 bits per heavy atom. The lowest BCUT2D eigenvalue weighted by Gasteiger charge is -2.22. The zero-order valence-electron chi connectivity index (χ0n) is 19.5. The normalized spacial score (nSPS) is 21.5. The second-order valence-corrected chi connectivity index (χ2v) is 10.4. The van der Waals surface area contributed by atoms with Crippen molar-refractivity contribution in [2.75, 3.05) is 26.5 Å². The van der Waals surface area contributed by atoms with Crippen LogP contribution in [0.15, 0.2) is 29.0 Å². The van der Waals surface area contributed by atoms with Gasteiger partial charge in [-0.1, -0.05) is 18.5 Å². The third-order valence-corrected chi connectivity index (χ3v) is 7.44. The molecule has 2 heterocycles. The van der Waals surface area contributed by atoms with Crippen LogP contribution in [0.2, 0.25) is 5.02 Å². The lowest BCUT2D eigenvalue weighted by atomic mass is 9.87. The minimum Gasteiger partial charge on any atom is -0.359 e. The van der Waals surface area contributed by atoms with E-state index in [1.165, 1.54) is 0 Å². The number of carbonyl (C=O) groups is 1. The number of benzene rings is 1. The van der Waals surface area contributed by atoms with Gasteiger partial charge in [0.05, 0.1) is 11.1 Å². The highest BCUT2D eigenvalue weighted by atomic mass is 79.9. The quantitative estimate of drug-likeness (QED) is 0.482. The van der Waals surface area contributed by atoms with E-state index in [0.717, 1.165) is 35.9 Å². The van der Waals surface area contributed by atoms with Gasteiger partial charge in [0.15, 0.2) is 5.65 Å². The molecule has 2 aromatic heterocycles. The van der Waals surface area contributed by atoms with Crippen LogP contribution in [-0.4, -0.2) is 57.7 Å². The smallest absolute Gasteiger partial charge is 0.225 e. The molecule has 176 valence electrons. The molecule has 8 nitrogen and oxygen atoms in total. The molecule has 1 fully saturated rings. The number of anilines is 1. The summed E-state index contributed by atoms with van der Waals surface area (Å²) in [5, 5.41) is 12.3. The molecular formula is C23H29BrClN7O. The topological polar surface area (TPSA) is 88.0 Å². The highest BCUT2D eigenvalue weighted by Gasteiger charge is 2.41. The minimum atomic E-state index is -0.373. The molecule has 3 aromatic rings. The van der Waals surface area contributed by atoms with Crippen molar-refractivity contribution in [3.8, 4) is 5.69 Å². The van der Waals surface area contributed by atoms with Crippen LogP contribution in [0.1, 0.15) is 44.7 Å². The first-order valence-corrected chi connectivity index (χ1v) is 12.2. The fourth-order valence-electron chi connectivity index (χ4n) is 4.43. The number of amides is 1. The Labute approximate surface area is 207 Å². The maximum Gasteiger partial charge on any atom is 0.225 e. The largest absolute Gasteiger partial charge is 0.359 e. The number of nitrogens with zero attached hydrogens (tertiary/aromatic N) is 5. The summed E-state index contributed by atoms with van der Waals surface area (Å²) in [7, 11) is 5.76. The van der Waals surface area contributed by atoms with Gasteiger partial charge in [0.25, 0.3) is 0 Å². The summed E-state index contributed by atoms with van der Waals surface area (Å²) in [4.78, 5) is 23.7. The molecular weight excluding hydrogens is 506 g/mol. The zero-order valence-corrected chi connectivity index (χ0v) is 21.8. The van der Waals surface area contributed by atoms with Gasteiger partial charge in [-0.3, -0.25) is 4.79 Å². The van der Waals surface area contributed by atoms with E-state index in [-0.39, 0.29) is 23.4 Å². The van der Waals surface area contributed by atoms with Crippen molar-refractivity contribution in [1.82, 2.24) is 30.0 Å². The van der Waals surface area contributed by atoms with Crippen LogP contribution in [-0.2, 0) is 4.79 Å². The highest BCUT2D eigenvalue weighted by molar-refractivity contribution is 9.10. The number of hydrogen-bond donors (Lipinski definition) is 2. The Hall–Kier alpha value is -2.23. The number of nitrogens with one attached hydrogen (secondary N) is 2. The van der Waals surface area contributed by atoms with Gasteiger partial charge >= 0.3 is 0 Å². The number of fused-ring (bicyclic) bond motifs is 1. The van der Waals surface area contributed by atoms with Crippen molar-refractivity contribution in [1.29, 1.82) is 0 Å². The van der Waals surface area contributed by atoms with Crippen LogP contribution in [0, 0.1) is 5.41 Å². The maximum absolute atomic E-state index is 12.3. The molecule has 1 unspecified atom stereocenters. The van der Waals surface area contributed by atoms with Gasteiger partial charge in [0, 0.05) is 35.8 Å². The van der Waals surface area contributed by atoms with Gasteiger partial charge in [-0.25, -0.2) is 9.67 Å². The van der Waals surface area contributed by atoms with Gasteiger partial charge in [0.1, 0.15) is 4.60 Å². The summed E-state index contributed by atoms with van der Waals surface area (Å²) in [5.74, 6) is 0.597. The predicted octanol–water partition coefficient (Wildman–Crippen LogP) is 4.57. The molecule has 2 N–H and O–H groups in total. The van der Waals surface area contributed by atoms with Gasteiger partial charge in [0.2, 0.25) is 11.9 Å². The van der Waals surface area contributed by atoms with Gasteiger partial charge in [-0.15, -0.1) is 0 Å². The van der Waals surface area contributed by atoms with Crippen molar-refractivity contribution < 1.29 is 4.79 Å². The first kappa shape index (κ1) is 23.9. The van der Waals surface area contributed by atoms with E-state index in [0.29, 0.717) is 21.2 Å². The summed E-state index contributed by atoms with van der Waals surface area (Å²) in [6.45, 7) is 4.14. The Balaban J connectivity index is 1.67. The third kappa shape index (κ3) is 4.72. The van der Waals surface area contributed by atoms with Crippen molar-refractivity contribution in [3.05, 3.63) is 39.6 Å². The first-order chi connectivity index (χ1) is 15.6. The van der Waals surface area contributed by atoms with E-state index in [4.69, 9.17) is 16.6 Å². The van der Waals surface area contributed by atoms with E-state index in [9.17, 15) is 4.79 Å². The molecule has 1 aliphatic rings. The standard InChI is InChI=1S/C23H29BrClN7O/c1-13(31(4)5)14-8-15(25)10-17(9-14)32-20-18(19(24)30-32)12-27-22(29-20)28-16-6-7-23(2,11-16)21(33)26-3/h8-10,12-13,16H,6-7,11H2,1-5H3,(H,26,33)(H,27,28,29)/t13?,16-,23-/m1/s1. The number of hydrogen-bond acceptors (Lipinski definition) is 6. The van der Waals surface area contributed by atoms with Gasteiger partial charge in [-0.05, 0) is 80.0 Å². The predicted molar refractivity (Wildman–Crippen MR) is 135 cm³/mol. The Morgan fingerprint density at radius 3 is 2.82 bits per heavy atom. The SMILES string of the molecule is CNC(=O)[C@]1(C)CC[C@@H](Nc2ncc3c(Br)nn(-c4cc(Cl)cc(C(C)N(C)C)c4)c3n2)C1. The molecule has 0 aliphatic heterocycles. The summed E-state index contributed by atoms with van der Waals surface area (Å²) in [6.07, 6.45) is 4.20. The van der Waals surface area contributed by atoms with Gasteiger partial charge < -0.3 is 15.5 Å². The van der Waals surface area contributed by atoms with Crippen molar-refractivity contribution in [2.24, 2.45) is 5.41 Å². The minimum absolute atomic E-state index is 0.0777. The summed E-state index contributed by atoms with van der Waals surface area (Å²) >= 11 is 10.0. The molecule has 0 spiro atoms. The molecule has 33 heavy (non-hydrogen) atoms.